The quantitative estimate of drug-likeness (QED) is 0.488. The zero-order chi connectivity index (χ0) is 20.1. The molecule has 1 heterocycles. The van der Waals surface area contributed by atoms with E-state index < -0.39 is 0 Å². The van der Waals surface area contributed by atoms with Gasteiger partial charge in [-0.05, 0) is 42.5 Å². The zero-order valence-electron chi connectivity index (χ0n) is 15.2. The molecule has 7 heteroatoms. The van der Waals surface area contributed by atoms with E-state index in [1.54, 1.807) is 54.7 Å². The first-order chi connectivity index (χ1) is 14.2. The van der Waals surface area contributed by atoms with Crippen molar-refractivity contribution < 1.29 is 14.6 Å². The molecule has 4 aromatic rings. The van der Waals surface area contributed by atoms with Crippen LogP contribution in [-0.4, -0.2) is 32.8 Å². The van der Waals surface area contributed by atoms with Crippen LogP contribution in [-0.2, 0) is 0 Å². The van der Waals surface area contributed by atoms with Crippen LogP contribution < -0.4 is 0 Å². The smallest absolute Gasteiger partial charge is 0.342 e. The molecule has 0 aliphatic heterocycles. The largest absolute Gasteiger partial charge is 0.507 e. The maximum atomic E-state index is 9.82. The first kappa shape index (κ1) is 18.1. The third kappa shape index (κ3) is 4.36. The molecule has 0 aliphatic rings. The van der Waals surface area contributed by atoms with Crippen LogP contribution in [0.1, 0.15) is 11.1 Å². The van der Waals surface area contributed by atoms with Crippen LogP contribution in [0, 0.1) is 0 Å². The third-order valence-electron chi connectivity index (χ3n) is 4.05. The van der Waals surface area contributed by atoms with Crippen LogP contribution in [0.5, 0.6) is 11.5 Å². The molecule has 4 rings (SSSR count). The normalized spacial score (nSPS) is 11.4. The van der Waals surface area contributed by atoms with Crippen LogP contribution in [0.4, 0.5) is 11.7 Å². The lowest BCUT2D eigenvalue weighted by molar-refractivity contribution is 0.474. The molecular formula is C22H16N4O3. The number of hydrogen-bond donors (Lipinski definition) is 2. The van der Waals surface area contributed by atoms with Gasteiger partial charge in [0.25, 0.3) is 0 Å². The summed E-state index contributed by atoms with van der Waals surface area (Å²) in [5, 5.41) is 27.5. The number of nitrogens with zero attached hydrogens (tertiary/aromatic N) is 4. The number of aromatic hydroxyl groups is 2. The molecule has 0 aliphatic carbocycles. The van der Waals surface area contributed by atoms with E-state index in [9.17, 15) is 10.2 Å². The van der Waals surface area contributed by atoms with Crippen LogP contribution in [0.3, 0.4) is 0 Å². The average molecular weight is 384 g/mol. The summed E-state index contributed by atoms with van der Waals surface area (Å²) in [5.41, 5.74) is 2.53. The second kappa shape index (κ2) is 8.18. The molecular weight excluding hydrogens is 368 g/mol. The van der Waals surface area contributed by atoms with Gasteiger partial charge < -0.3 is 14.6 Å². The van der Waals surface area contributed by atoms with Crippen molar-refractivity contribution in [1.82, 2.24) is 10.2 Å². The number of para-hydroxylation sites is 2. The Kier molecular flexibility index (Phi) is 5.11. The molecule has 7 nitrogen and oxygen atoms in total. The van der Waals surface area contributed by atoms with E-state index in [2.05, 4.69) is 20.2 Å². The Hall–Kier alpha value is -4.26. The Morgan fingerprint density at radius 1 is 0.724 bits per heavy atom. The van der Waals surface area contributed by atoms with Crippen molar-refractivity contribution in [3.8, 4) is 23.0 Å². The molecule has 29 heavy (non-hydrogen) atoms. The van der Waals surface area contributed by atoms with E-state index in [-0.39, 0.29) is 17.5 Å². The van der Waals surface area contributed by atoms with Gasteiger partial charge in [0.15, 0.2) is 0 Å². The van der Waals surface area contributed by atoms with Gasteiger partial charge in [-0.15, -0.1) is 5.10 Å². The molecule has 142 valence electrons. The Labute approximate surface area is 166 Å². The molecule has 0 spiro atoms. The van der Waals surface area contributed by atoms with Gasteiger partial charge in [-0.2, -0.15) is 0 Å². The number of aromatic nitrogens is 2. The number of phenolic OH excluding ortho intramolecular Hbond substituents is 2. The van der Waals surface area contributed by atoms with Gasteiger partial charge in [0.05, 0.1) is 5.69 Å². The third-order valence-corrected chi connectivity index (χ3v) is 4.05. The summed E-state index contributed by atoms with van der Waals surface area (Å²) in [6.07, 6.45) is 3.05. The van der Waals surface area contributed by atoms with E-state index in [4.69, 9.17) is 4.42 Å². The van der Waals surface area contributed by atoms with Gasteiger partial charge in [-0.3, -0.25) is 4.99 Å². The van der Waals surface area contributed by atoms with Crippen LogP contribution in [0.2, 0.25) is 0 Å². The lowest BCUT2D eigenvalue weighted by atomic mass is 10.2. The highest BCUT2D eigenvalue weighted by molar-refractivity contribution is 5.85. The van der Waals surface area contributed by atoms with Crippen molar-refractivity contribution in [2.75, 3.05) is 0 Å². The van der Waals surface area contributed by atoms with E-state index in [0.717, 1.165) is 0 Å². The monoisotopic (exact) mass is 384 g/mol. The number of aliphatic imine (C=N–C) groups is 2. The molecule has 0 amide bonds. The fraction of sp³-hybridized carbons (Fsp3) is 0. The number of benzene rings is 3. The predicted octanol–water partition coefficient (Wildman–Crippen LogP) is 4.65. The second-order valence-corrected chi connectivity index (χ2v) is 6.07. The Morgan fingerprint density at radius 3 is 2.07 bits per heavy atom. The van der Waals surface area contributed by atoms with Gasteiger partial charge in [-0.1, -0.05) is 35.4 Å². The summed E-state index contributed by atoms with van der Waals surface area (Å²) in [7, 11) is 0. The summed E-state index contributed by atoms with van der Waals surface area (Å²) in [4.78, 5) is 8.49. The zero-order valence-corrected chi connectivity index (χ0v) is 15.2. The minimum absolute atomic E-state index is 0.0753. The highest BCUT2D eigenvalue weighted by Crippen LogP contribution is 2.26. The fourth-order valence-corrected chi connectivity index (χ4v) is 2.57. The SMILES string of the molecule is Oc1ccccc1C=Nc1cccc(-c2nnc(/N=C/c3ccccc3O)o2)c1. The molecule has 0 unspecified atom stereocenters. The first-order valence-electron chi connectivity index (χ1n) is 8.77. The van der Waals surface area contributed by atoms with Crippen molar-refractivity contribution in [3.05, 3.63) is 83.9 Å². The van der Waals surface area contributed by atoms with Crippen molar-refractivity contribution >= 4 is 24.1 Å². The lowest BCUT2D eigenvalue weighted by Crippen LogP contribution is -1.81. The summed E-state index contributed by atoms with van der Waals surface area (Å²) in [6.45, 7) is 0. The molecule has 3 aromatic carbocycles. The van der Waals surface area contributed by atoms with Crippen molar-refractivity contribution in [2.24, 2.45) is 9.98 Å². The topological polar surface area (TPSA) is 104 Å². The maximum absolute atomic E-state index is 9.82. The molecule has 0 atom stereocenters. The molecule has 0 fully saturated rings. The van der Waals surface area contributed by atoms with Gasteiger partial charge in [0.1, 0.15) is 11.5 Å². The Morgan fingerprint density at radius 2 is 1.38 bits per heavy atom. The van der Waals surface area contributed by atoms with Gasteiger partial charge in [0, 0.05) is 29.1 Å². The first-order valence-corrected chi connectivity index (χ1v) is 8.77. The van der Waals surface area contributed by atoms with E-state index >= 15 is 0 Å². The average Bonchev–Trinajstić information content (AvgIpc) is 3.22. The highest BCUT2D eigenvalue weighted by Gasteiger charge is 2.08. The standard InChI is InChI=1S/C22H16N4O3/c27-19-10-3-1-6-16(19)13-23-18-9-5-8-15(12-18)21-25-26-22(29-21)24-14-17-7-2-4-11-20(17)28/h1-14,27-28H/b23-13?,24-14+. The fourth-order valence-electron chi connectivity index (χ4n) is 2.57. The molecule has 2 N–H and O–H groups in total. The van der Waals surface area contributed by atoms with Crippen molar-refractivity contribution in [2.45, 2.75) is 0 Å². The second-order valence-electron chi connectivity index (χ2n) is 6.07. The Balaban J connectivity index is 1.53. The van der Waals surface area contributed by atoms with Crippen LogP contribution >= 0.6 is 0 Å². The molecule has 0 saturated heterocycles. The van der Waals surface area contributed by atoms with Gasteiger partial charge >= 0.3 is 6.01 Å². The minimum Gasteiger partial charge on any atom is -0.507 e. The summed E-state index contributed by atoms with van der Waals surface area (Å²) in [5.74, 6) is 0.580. The Bertz CT molecular complexity index is 1200. The van der Waals surface area contributed by atoms with Gasteiger partial charge in [-0.25, -0.2) is 4.99 Å². The van der Waals surface area contributed by atoms with E-state index in [1.807, 2.05) is 24.3 Å². The summed E-state index contributed by atoms with van der Waals surface area (Å²) >= 11 is 0. The number of rotatable bonds is 5. The number of phenols is 2. The minimum atomic E-state index is 0.0753. The van der Waals surface area contributed by atoms with E-state index in [1.165, 1.54) is 6.21 Å². The van der Waals surface area contributed by atoms with Crippen LogP contribution in [0.15, 0.2) is 87.2 Å². The van der Waals surface area contributed by atoms with Crippen molar-refractivity contribution in [3.63, 3.8) is 0 Å². The predicted molar refractivity (Wildman–Crippen MR) is 110 cm³/mol. The van der Waals surface area contributed by atoms with Gasteiger partial charge in [0.2, 0.25) is 5.89 Å². The maximum Gasteiger partial charge on any atom is 0.342 e. The molecule has 0 radical (unpaired) electrons. The highest BCUT2D eigenvalue weighted by atomic mass is 16.4. The molecule has 0 bridgehead atoms. The summed E-state index contributed by atoms with van der Waals surface area (Å²) in [6, 6.07) is 21.1. The molecule has 0 saturated carbocycles. The number of hydrogen-bond acceptors (Lipinski definition) is 7. The van der Waals surface area contributed by atoms with Crippen molar-refractivity contribution in [1.29, 1.82) is 0 Å². The summed E-state index contributed by atoms with van der Waals surface area (Å²) < 4.78 is 5.57. The lowest BCUT2D eigenvalue weighted by Gasteiger charge is -1.99. The van der Waals surface area contributed by atoms with E-state index in [0.29, 0.717) is 28.3 Å². The van der Waals surface area contributed by atoms with Crippen LogP contribution in [0.25, 0.3) is 11.5 Å². The molecule has 1 aromatic heterocycles.